The molecule has 0 amide bonds. The Morgan fingerprint density at radius 3 is 2.61 bits per heavy atom. The van der Waals surface area contributed by atoms with Gasteiger partial charge in [0.1, 0.15) is 18.1 Å². The van der Waals surface area contributed by atoms with Gasteiger partial charge < -0.3 is 15.2 Å². The van der Waals surface area contributed by atoms with Crippen LogP contribution < -0.4 is 15.2 Å². The van der Waals surface area contributed by atoms with Gasteiger partial charge in [0.25, 0.3) is 0 Å². The van der Waals surface area contributed by atoms with Crippen LogP contribution in [0.5, 0.6) is 11.6 Å². The van der Waals surface area contributed by atoms with Gasteiger partial charge in [-0.3, -0.25) is 4.79 Å². The number of hydrogen-bond acceptors (Lipinski definition) is 6. The van der Waals surface area contributed by atoms with Gasteiger partial charge in [-0.2, -0.15) is 5.10 Å². The van der Waals surface area contributed by atoms with Crippen LogP contribution in [0.15, 0.2) is 48.7 Å². The molecule has 1 saturated carbocycles. The number of hydrogen-bond donors (Lipinski definition) is 1. The normalized spacial score (nSPS) is 13.4. The molecular weight excluding hydrogens is 356 g/mol. The van der Waals surface area contributed by atoms with E-state index in [1.807, 2.05) is 36.4 Å². The van der Waals surface area contributed by atoms with Gasteiger partial charge in [-0.1, -0.05) is 0 Å². The van der Waals surface area contributed by atoms with E-state index in [4.69, 9.17) is 15.2 Å². The quantitative estimate of drug-likeness (QED) is 0.606. The Labute approximate surface area is 163 Å². The molecule has 0 unspecified atom stereocenters. The van der Waals surface area contributed by atoms with Gasteiger partial charge in [-0.05, 0) is 49.2 Å². The van der Waals surface area contributed by atoms with Crippen LogP contribution in [0, 0.1) is 5.92 Å². The molecule has 2 heterocycles. The SMILES string of the molecule is COc1ccc(-n2nc(C(=O)C3CC3)cc2-c2ccc(OCCN)cc2)cn1. The number of carbonyl (C=O) groups is 1. The van der Waals surface area contributed by atoms with Crippen LogP contribution in [0.2, 0.25) is 0 Å². The van der Waals surface area contributed by atoms with Crippen molar-refractivity contribution in [1.82, 2.24) is 14.8 Å². The zero-order valence-electron chi connectivity index (χ0n) is 15.7. The maximum absolute atomic E-state index is 12.6. The number of carbonyl (C=O) groups excluding carboxylic acids is 1. The van der Waals surface area contributed by atoms with Gasteiger partial charge in [0, 0.05) is 24.1 Å². The topological polar surface area (TPSA) is 92.3 Å². The van der Waals surface area contributed by atoms with Gasteiger partial charge in [0.15, 0.2) is 5.78 Å². The van der Waals surface area contributed by atoms with Gasteiger partial charge in [-0.25, -0.2) is 9.67 Å². The van der Waals surface area contributed by atoms with Crippen molar-refractivity contribution in [2.24, 2.45) is 11.7 Å². The van der Waals surface area contributed by atoms with Crippen molar-refractivity contribution >= 4 is 5.78 Å². The minimum Gasteiger partial charge on any atom is -0.492 e. The highest BCUT2D eigenvalue weighted by molar-refractivity contribution is 5.98. The first kappa shape index (κ1) is 18.2. The molecule has 3 aromatic rings. The second-order valence-corrected chi connectivity index (χ2v) is 6.69. The molecule has 0 aliphatic heterocycles. The van der Waals surface area contributed by atoms with Crippen molar-refractivity contribution in [3.8, 4) is 28.6 Å². The van der Waals surface area contributed by atoms with Crippen LogP contribution >= 0.6 is 0 Å². The van der Waals surface area contributed by atoms with Crippen molar-refractivity contribution < 1.29 is 14.3 Å². The van der Waals surface area contributed by atoms with E-state index in [1.165, 1.54) is 0 Å². The summed E-state index contributed by atoms with van der Waals surface area (Å²) in [5, 5.41) is 4.58. The van der Waals surface area contributed by atoms with Crippen molar-refractivity contribution in [2.45, 2.75) is 12.8 Å². The van der Waals surface area contributed by atoms with E-state index in [2.05, 4.69) is 10.1 Å². The van der Waals surface area contributed by atoms with Crippen LogP contribution in [0.3, 0.4) is 0 Å². The Morgan fingerprint density at radius 1 is 1.21 bits per heavy atom. The molecule has 2 aromatic heterocycles. The summed E-state index contributed by atoms with van der Waals surface area (Å²) in [5.41, 5.74) is 8.47. The number of benzene rings is 1. The summed E-state index contributed by atoms with van der Waals surface area (Å²) in [5.74, 6) is 1.48. The predicted molar refractivity (Wildman–Crippen MR) is 105 cm³/mol. The van der Waals surface area contributed by atoms with E-state index in [9.17, 15) is 4.79 Å². The van der Waals surface area contributed by atoms with Crippen molar-refractivity contribution in [2.75, 3.05) is 20.3 Å². The molecule has 0 radical (unpaired) electrons. The molecule has 0 atom stereocenters. The van der Waals surface area contributed by atoms with Gasteiger partial charge in [0.05, 0.1) is 24.7 Å². The molecule has 1 aromatic carbocycles. The Balaban J connectivity index is 1.72. The summed E-state index contributed by atoms with van der Waals surface area (Å²) >= 11 is 0. The first-order valence-electron chi connectivity index (χ1n) is 9.27. The third-order valence-corrected chi connectivity index (χ3v) is 4.62. The number of Topliss-reactive ketones (excluding diaryl/α,β-unsaturated/α-hetero) is 1. The lowest BCUT2D eigenvalue weighted by atomic mass is 10.1. The number of nitrogens with zero attached hydrogens (tertiary/aromatic N) is 3. The molecule has 0 bridgehead atoms. The smallest absolute Gasteiger partial charge is 0.213 e. The average Bonchev–Trinajstić information content (AvgIpc) is 3.50. The van der Waals surface area contributed by atoms with Crippen LogP contribution in [-0.4, -0.2) is 40.8 Å². The molecular formula is C21H22N4O3. The van der Waals surface area contributed by atoms with E-state index < -0.39 is 0 Å². The lowest BCUT2D eigenvalue weighted by Crippen LogP contribution is -2.10. The summed E-state index contributed by atoms with van der Waals surface area (Å²) in [7, 11) is 1.57. The standard InChI is InChI=1S/C21H22N4O3/c1-27-20-9-6-16(13-23-20)25-19(12-18(24-25)21(26)15-2-3-15)14-4-7-17(8-5-14)28-11-10-22/h4-9,12-13,15H,2-3,10-11,22H2,1H3. The summed E-state index contributed by atoms with van der Waals surface area (Å²) in [4.78, 5) is 16.8. The first-order valence-corrected chi connectivity index (χ1v) is 9.27. The molecule has 7 heteroatoms. The van der Waals surface area contributed by atoms with Crippen LogP contribution in [0.4, 0.5) is 0 Å². The van der Waals surface area contributed by atoms with Crippen LogP contribution in [-0.2, 0) is 0 Å². The lowest BCUT2D eigenvalue weighted by Gasteiger charge is -2.09. The fourth-order valence-electron chi connectivity index (χ4n) is 2.98. The summed E-state index contributed by atoms with van der Waals surface area (Å²) in [6.45, 7) is 0.931. The summed E-state index contributed by atoms with van der Waals surface area (Å²) < 4.78 is 12.4. The highest BCUT2D eigenvalue weighted by Gasteiger charge is 2.32. The molecule has 1 aliphatic carbocycles. The molecule has 0 saturated heterocycles. The number of methoxy groups -OCH3 is 1. The predicted octanol–water partition coefficient (Wildman–Crippen LogP) is 2.87. The van der Waals surface area contributed by atoms with E-state index >= 15 is 0 Å². The summed E-state index contributed by atoms with van der Waals surface area (Å²) in [6, 6.07) is 13.2. The van der Waals surface area contributed by atoms with Crippen LogP contribution in [0.1, 0.15) is 23.3 Å². The number of nitrogens with two attached hydrogens (primary N) is 1. The molecule has 28 heavy (non-hydrogen) atoms. The highest BCUT2D eigenvalue weighted by atomic mass is 16.5. The molecule has 0 spiro atoms. The Hall–Kier alpha value is -3.19. The van der Waals surface area contributed by atoms with Gasteiger partial charge in [-0.15, -0.1) is 0 Å². The minimum atomic E-state index is 0.101. The lowest BCUT2D eigenvalue weighted by molar-refractivity contribution is 0.0962. The zero-order chi connectivity index (χ0) is 19.5. The largest absolute Gasteiger partial charge is 0.492 e. The van der Waals surface area contributed by atoms with Crippen LogP contribution in [0.25, 0.3) is 16.9 Å². The number of aromatic nitrogens is 3. The minimum absolute atomic E-state index is 0.101. The van der Waals surface area contributed by atoms with E-state index in [0.29, 0.717) is 24.7 Å². The molecule has 2 N–H and O–H groups in total. The molecule has 4 rings (SSSR count). The Morgan fingerprint density at radius 2 is 2.00 bits per heavy atom. The van der Waals surface area contributed by atoms with Crippen molar-refractivity contribution in [1.29, 1.82) is 0 Å². The second-order valence-electron chi connectivity index (χ2n) is 6.69. The van der Waals surface area contributed by atoms with Crippen molar-refractivity contribution in [3.05, 3.63) is 54.4 Å². The number of ether oxygens (including phenoxy) is 2. The molecule has 1 aliphatic rings. The van der Waals surface area contributed by atoms with E-state index in [-0.39, 0.29) is 11.7 Å². The monoisotopic (exact) mass is 378 g/mol. The van der Waals surface area contributed by atoms with Gasteiger partial charge in [0.2, 0.25) is 5.88 Å². The maximum Gasteiger partial charge on any atom is 0.213 e. The molecule has 144 valence electrons. The molecule has 7 nitrogen and oxygen atoms in total. The maximum atomic E-state index is 12.6. The second kappa shape index (κ2) is 7.82. The summed E-state index contributed by atoms with van der Waals surface area (Å²) in [6.07, 6.45) is 3.57. The third-order valence-electron chi connectivity index (χ3n) is 4.62. The number of rotatable bonds is 8. The third kappa shape index (κ3) is 3.75. The van der Waals surface area contributed by atoms with Gasteiger partial charge >= 0.3 is 0 Å². The Kier molecular flexibility index (Phi) is 5.08. The zero-order valence-corrected chi connectivity index (χ0v) is 15.7. The number of pyridine rings is 1. The highest BCUT2D eigenvalue weighted by Crippen LogP contribution is 2.34. The van der Waals surface area contributed by atoms with E-state index in [1.54, 1.807) is 24.1 Å². The van der Waals surface area contributed by atoms with E-state index in [0.717, 1.165) is 35.5 Å². The molecule has 1 fully saturated rings. The Bertz CT molecular complexity index is 960. The van der Waals surface area contributed by atoms with Crippen molar-refractivity contribution in [3.63, 3.8) is 0 Å². The fourth-order valence-corrected chi connectivity index (χ4v) is 2.98. The average molecular weight is 378 g/mol. The first-order chi connectivity index (χ1) is 13.7. The fraction of sp³-hybridized carbons (Fsp3) is 0.286. The number of ketones is 1.